The third-order valence-electron chi connectivity index (χ3n) is 2.95. The number of nitrogens with zero attached hydrogens (tertiary/aromatic N) is 2. The summed E-state index contributed by atoms with van der Waals surface area (Å²) in [5, 5.41) is 0. The Morgan fingerprint density at radius 2 is 1.83 bits per heavy atom. The molecule has 0 aliphatic rings. The predicted octanol–water partition coefficient (Wildman–Crippen LogP) is 2.49. The van der Waals surface area contributed by atoms with Crippen LogP contribution in [0.2, 0.25) is 0 Å². The third kappa shape index (κ3) is 4.35. The zero-order valence-electron chi connectivity index (χ0n) is 11.9. The Kier molecular flexibility index (Phi) is 6.22. The third-order valence-corrected chi connectivity index (χ3v) is 2.95. The fourth-order valence-corrected chi connectivity index (χ4v) is 1.81. The maximum atomic E-state index is 5.92. The minimum Gasteiger partial charge on any atom is -0.370 e. The first kappa shape index (κ1) is 15.1. The van der Waals surface area contributed by atoms with Gasteiger partial charge in [0.15, 0.2) is 5.82 Å². The summed E-state index contributed by atoms with van der Waals surface area (Å²) in [6, 6.07) is 0.187. The molecule has 1 heterocycles. The molecule has 1 aromatic heterocycles. The van der Waals surface area contributed by atoms with Crippen molar-refractivity contribution in [1.82, 2.24) is 9.97 Å². The Bertz CT molecular complexity index is 337. The van der Waals surface area contributed by atoms with Crippen LogP contribution in [0.3, 0.4) is 0 Å². The molecule has 18 heavy (non-hydrogen) atoms. The molecule has 4 heteroatoms. The van der Waals surface area contributed by atoms with Crippen LogP contribution in [0, 0.1) is 5.92 Å². The molecule has 102 valence electrons. The second-order valence-electron chi connectivity index (χ2n) is 4.94. The highest BCUT2D eigenvalue weighted by atomic mass is 16.5. The Hall–Kier alpha value is -1.00. The van der Waals surface area contributed by atoms with Gasteiger partial charge in [0.25, 0.3) is 0 Å². The van der Waals surface area contributed by atoms with Crippen LogP contribution < -0.4 is 5.73 Å². The van der Waals surface area contributed by atoms with Gasteiger partial charge < -0.3 is 10.5 Å². The number of hydrogen-bond acceptors (Lipinski definition) is 4. The molecule has 2 atom stereocenters. The van der Waals surface area contributed by atoms with E-state index in [2.05, 4.69) is 30.7 Å². The molecule has 0 aromatic carbocycles. The van der Waals surface area contributed by atoms with Gasteiger partial charge in [-0.15, -0.1) is 0 Å². The highest BCUT2D eigenvalue weighted by molar-refractivity contribution is 5.08. The highest BCUT2D eigenvalue weighted by Gasteiger charge is 2.18. The molecule has 0 aliphatic heterocycles. The zero-order chi connectivity index (χ0) is 13.5. The topological polar surface area (TPSA) is 61.0 Å². The number of ether oxygens (including phenoxy) is 1. The molecule has 0 aliphatic carbocycles. The number of aromatic nitrogens is 2. The summed E-state index contributed by atoms with van der Waals surface area (Å²) in [4.78, 5) is 8.83. The van der Waals surface area contributed by atoms with Crippen molar-refractivity contribution in [3.05, 3.63) is 23.8 Å². The standard InChI is InChI=1S/C14H25N3O/c1-5-12(15)7-11-8-16-14(17-9-11)13(10(3)4)18-6-2/h8-10,12-13H,5-7,15H2,1-4H3. The van der Waals surface area contributed by atoms with E-state index >= 15 is 0 Å². The average molecular weight is 251 g/mol. The van der Waals surface area contributed by atoms with Gasteiger partial charge in [0.2, 0.25) is 0 Å². The number of nitrogens with two attached hydrogens (primary N) is 1. The Labute approximate surface area is 110 Å². The second-order valence-corrected chi connectivity index (χ2v) is 4.94. The number of rotatable bonds is 7. The molecule has 0 bridgehead atoms. The average Bonchev–Trinajstić information content (AvgIpc) is 2.36. The lowest BCUT2D eigenvalue weighted by Crippen LogP contribution is -2.22. The van der Waals surface area contributed by atoms with Crippen LogP contribution in [0.15, 0.2) is 12.4 Å². The first-order valence-electron chi connectivity index (χ1n) is 6.76. The monoisotopic (exact) mass is 251 g/mol. The molecule has 0 radical (unpaired) electrons. The van der Waals surface area contributed by atoms with Crippen molar-refractivity contribution >= 4 is 0 Å². The van der Waals surface area contributed by atoms with Gasteiger partial charge in [-0.2, -0.15) is 0 Å². The summed E-state index contributed by atoms with van der Waals surface area (Å²) in [5.41, 5.74) is 7.01. The van der Waals surface area contributed by atoms with E-state index in [1.54, 1.807) is 0 Å². The van der Waals surface area contributed by atoms with Crippen LogP contribution >= 0.6 is 0 Å². The molecule has 0 spiro atoms. The van der Waals surface area contributed by atoms with E-state index in [9.17, 15) is 0 Å². The van der Waals surface area contributed by atoms with Crippen molar-refractivity contribution in [2.75, 3.05) is 6.61 Å². The van der Waals surface area contributed by atoms with E-state index in [1.165, 1.54) is 0 Å². The molecule has 2 unspecified atom stereocenters. The molecule has 0 amide bonds. The molecule has 1 rings (SSSR count). The molecule has 0 saturated heterocycles. The van der Waals surface area contributed by atoms with Gasteiger partial charge in [-0.3, -0.25) is 0 Å². The van der Waals surface area contributed by atoms with Gasteiger partial charge in [0, 0.05) is 25.0 Å². The number of hydrogen-bond donors (Lipinski definition) is 1. The van der Waals surface area contributed by atoms with E-state index in [0.717, 1.165) is 24.2 Å². The fraction of sp³-hybridized carbons (Fsp3) is 0.714. The van der Waals surface area contributed by atoms with E-state index < -0.39 is 0 Å². The van der Waals surface area contributed by atoms with Crippen molar-refractivity contribution in [3.63, 3.8) is 0 Å². The first-order chi connectivity index (χ1) is 8.58. The summed E-state index contributed by atoms with van der Waals surface area (Å²) in [6.45, 7) is 8.98. The van der Waals surface area contributed by atoms with Crippen molar-refractivity contribution in [3.8, 4) is 0 Å². The van der Waals surface area contributed by atoms with Crippen LogP contribution in [-0.4, -0.2) is 22.6 Å². The normalized spacial score (nSPS) is 14.8. The van der Waals surface area contributed by atoms with Crippen LogP contribution in [0.5, 0.6) is 0 Å². The van der Waals surface area contributed by atoms with Gasteiger partial charge in [0.1, 0.15) is 6.10 Å². The summed E-state index contributed by atoms with van der Waals surface area (Å²) in [5.74, 6) is 1.13. The van der Waals surface area contributed by atoms with E-state index in [1.807, 2.05) is 19.3 Å². The first-order valence-corrected chi connectivity index (χ1v) is 6.76. The lowest BCUT2D eigenvalue weighted by molar-refractivity contribution is 0.0231. The second kappa shape index (κ2) is 7.44. The van der Waals surface area contributed by atoms with E-state index in [4.69, 9.17) is 10.5 Å². The summed E-state index contributed by atoms with van der Waals surface area (Å²) in [6.07, 6.45) is 5.51. The van der Waals surface area contributed by atoms with Crippen LogP contribution in [0.4, 0.5) is 0 Å². The fourth-order valence-electron chi connectivity index (χ4n) is 1.81. The molecular formula is C14H25N3O. The van der Waals surface area contributed by atoms with E-state index in [0.29, 0.717) is 12.5 Å². The molecule has 0 saturated carbocycles. The van der Waals surface area contributed by atoms with Crippen molar-refractivity contribution in [2.24, 2.45) is 11.7 Å². The highest BCUT2D eigenvalue weighted by Crippen LogP contribution is 2.22. The summed E-state index contributed by atoms with van der Waals surface area (Å²) < 4.78 is 5.68. The predicted molar refractivity (Wildman–Crippen MR) is 73.2 cm³/mol. The Balaban J connectivity index is 2.74. The minimum atomic E-state index is -0.0242. The summed E-state index contributed by atoms with van der Waals surface area (Å²) in [7, 11) is 0. The van der Waals surface area contributed by atoms with Crippen LogP contribution in [0.25, 0.3) is 0 Å². The van der Waals surface area contributed by atoms with Crippen molar-refractivity contribution < 1.29 is 4.74 Å². The van der Waals surface area contributed by atoms with Crippen molar-refractivity contribution in [2.45, 2.75) is 52.7 Å². The largest absolute Gasteiger partial charge is 0.370 e. The van der Waals surface area contributed by atoms with Gasteiger partial charge in [-0.25, -0.2) is 9.97 Å². The van der Waals surface area contributed by atoms with Crippen LogP contribution in [0.1, 0.15) is 51.6 Å². The Morgan fingerprint density at radius 1 is 1.22 bits per heavy atom. The molecule has 2 N–H and O–H groups in total. The molecule has 1 aromatic rings. The van der Waals surface area contributed by atoms with Gasteiger partial charge in [0.05, 0.1) is 0 Å². The molecule has 4 nitrogen and oxygen atoms in total. The van der Waals surface area contributed by atoms with Gasteiger partial charge in [-0.05, 0) is 31.2 Å². The smallest absolute Gasteiger partial charge is 0.157 e. The van der Waals surface area contributed by atoms with Gasteiger partial charge in [-0.1, -0.05) is 20.8 Å². The quantitative estimate of drug-likeness (QED) is 0.808. The van der Waals surface area contributed by atoms with E-state index in [-0.39, 0.29) is 12.1 Å². The lowest BCUT2D eigenvalue weighted by atomic mass is 10.1. The van der Waals surface area contributed by atoms with Crippen LogP contribution in [-0.2, 0) is 11.2 Å². The maximum absolute atomic E-state index is 5.92. The Morgan fingerprint density at radius 3 is 2.28 bits per heavy atom. The lowest BCUT2D eigenvalue weighted by Gasteiger charge is -2.19. The molecular weight excluding hydrogens is 226 g/mol. The maximum Gasteiger partial charge on any atom is 0.157 e. The molecule has 0 fully saturated rings. The SMILES string of the molecule is CCOC(c1ncc(CC(N)CC)cn1)C(C)C. The van der Waals surface area contributed by atoms with Gasteiger partial charge >= 0.3 is 0 Å². The summed E-state index contributed by atoms with van der Waals surface area (Å²) >= 11 is 0. The van der Waals surface area contributed by atoms with Crippen molar-refractivity contribution in [1.29, 1.82) is 0 Å². The zero-order valence-corrected chi connectivity index (χ0v) is 11.9. The minimum absolute atomic E-state index is 0.0242.